The number of allylic oxidation sites excluding steroid dienone is 1. The van der Waals surface area contributed by atoms with Gasteiger partial charge in [0.1, 0.15) is 11.6 Å². The van der Waals surface area contributed by atoms with Gasteiger partial charge in [-0.15, -0.1) is 0 Å². The third kappa shape index (κ3) is 7.36. The van der Waals surface area contributed by atoms with E-state index in [9.17, 15) is 4.79 Å². The Morgan fingerprint density at radius 3 is 2.62 bits per heavy atom. The van der Waals surface area contributed by atoms with Crippen LogP contribution in [0, 0.1) is 13.8 Å². The van der Waals surface area contributed by atoms with E-state index < -0.39 is 0 Å². The molecule has 0 saturated heterocycles. The molecule has 1 N–H and O–H groups in total. The lowest BCUT2D eigenvalue weighted by Crippen LogP contribution is -2.21. The minimum atomic E-state index is -0.0189. The number of hydrogen-bond acceptors (Lipinski definition) is 3. The van der Waals surface area contributed by atoms with E-state index in [1.807, 2.05) is 39.0 Å². The van der Waals surface area contributed by atoms with Crippen molar-refractivity contribution in [2.75, 3.05) is 13.2 Å². The maximum absolute atomic E-state index is 11.5. The first-order chi connectivity index (χ1) is 16.5. The minimum absolute atomic E-state index is 0.0189. The standard InChI is InChI=1S/C28H36ClN3O2/c1-4-12-27(33)30-16-9-5-6-15-26-31-24-13-7-8-14-25(24)32(26)17-10-11-18-34-23-19-21(2)28(29)22(3)20-23/h4,7-8,12-14,19-20H,5-6,9-11,15-18H2,1-3H3,(H,30,33)/b12-4+. The first kappa shape index (κ1) is 25.8. The van der Waals surface area contributed by atoms with Gasteiger partial charge in [-0.25, -0.2) is 4.98 Å². The van der Waals surface area contributed by atoms with Crippen LogP contribution in [-0.4, -0.2) is 28.6 Å². The lowest BCUT2D eigenvalue weighted by Gasteiger charge is -2.12. The summed E-state index contributed by atoms with van der Waals surface area (Å²) in [5.74, 6) is 2.01. The van der Waals surface area contributed by atoms with Crippen molar-refractivity contribution in [2.45, 2.75) is 65.8 Å². The highest BCUT2D eigenvalue weighted by molar-refractivity contribution is 6.32. The highest BCUT2D eigenvalue weighted by Gasteiger charge is 2.10. The number of imidazole rings is 1. The summed E-state index contributed by atoms with van der Waals surface area (Å²) in [5, 5.41) is 3.72. The number of carbonyl (C=O) groups excluding carboxylic acids is 1. The van der Waals surface area contributed by atoms with Crippen LogP contribution in [0.15, 0.2) is 48.6 Å². The molecule has 6 heteroatoms. The molecular formula is C28H36ClN3O2. The topological polar surface area (TPSA) is 56.2 Å². The molecule has 2 aromatic carbocycles. The normalized spacial score (nSPS) is 11.4. The molecule has 0 aliphatic carbocycles. The predicted octanol–water partition coefficient (Wildman–Crippen LogP) is 6.57. The molecule has 0 saturated carbocycles. The van der Waals surface area contributed by atoms with Crippen molar-refractivity contribution in [3.8, 4) is 5.75 Å². The summed E-state index contributed by atoms with van der Waals surface area (Å²) in [6.07, 6.45) is 9.35. The first-order valence-corrected chi connectivity index (χ1v) is 12.6. The molecule has 0 atom stereocenters. The molecule has 1 heterocycles. The van der Waals surface area contributed by atoms with Crippen LogP contribution in [0.4, 0.5) is 0 Å². The van der Waals surface area contributed by atoms with E-state index in [1.54, 1.807) is 12.2 Å². The number of halogens is 1. The van der Waals surface area contributed by atoms with Gasteiger partial charge in [0.05, 0.1) is 17.6 Å². The maximum Gasteiger partial charge on any atom is 0.243 e. The van der Waals surface area contributed by atoms with Crippen molar-refractivity contribution in [2.24, 2.45) is 0 Å². The Morgan fingerprint density at radius 2 is 1.85 bits per heavy atom. The van der Waals surface area contributed by atoms with E-state index in [0.29, 0.717) is 13.2 Å². The summed E-state index contributed by atoms with van der Waals surface area (Å²) < 4.78 is 8.34. The lowest BCUT2D eigenvalue weighted by atomic mass is 10.1. The molecule has 3 rings (SSSR count). The van der Waals surface area contributed by atoms with E-state index in [-0.39, 0.29) is 5.91 Å². The Labute approximate surface area is 208 Å². The molecule has 0 bridgehead atoms. The summed E-state index contributed by atoms with van der Waals surface area (Å²) in [4.78, 5) is 16.4. The SMILES string of the molecule is C/C=C/C(=O)NCCCCCc1nc2ccccc2n1CCCCOc1cc(C)c(Cl)c(C)c1. The number of nitrogens with one attached hydrogen (secondary N) is 1. The number of hydrogen-bond donors (Lipinski definition) is 1. The molecule has 5 nitrogen and oxygen atoms in total. The zero-order valence-electron chi connectivity index (χ0n) is 20.6. The van der Waals surface area contributed by atoms with Crippen LogP contribution in [0.2, 0.25) is 5.02 Å². The van der Waals surface area contributed by atoms with E-state index in [2.05, 4.69) is 28.1 Å². The fraction of sp³-hybridized carbons (Fsp3) is 0.429. The van der Waals surface area contributed by atoms with E-state index in [0.717, 1.165) is 78.3 Å². The Bertz CT molecular complexity index is 1100. The quantitative estimate of drug-likeness (QED) is 0.222. The molecule has 0 aliphatic heterocycles. The van der Waals surface area contributed by atoms with Gasteiger partial charge in [0.2, 0.25) is 5.91 Å². The number of ether oxygens (including phenoxy) is 1. The molecule has 0 spiro atoms. The fourth-order valence-corrected chi connectivity index (χ4v) is 4.23. The maximum atomic E-state index is 11.5. The fourth-order valence-electron chi connectivity index (χ4n) is 4.12. The van der Waals surface area contributed by atoms with Gasteiger partial charge in [-0.05, 0) is 87.9 Å². The van der Waals surface area contributed by atoms with Gasteiger partial charge in [0.15, 0.2) is 0 Å². The van der Waals surface area contributed by atoms with Crippen molar-refractivity contribution in [3.05, 3.63) is 70.5 Å². The Morgan fingerprint density at radius 1 is 1.09 bits per heavy atom. The lowest BCUT2D eigenvalue weighted by molar-refractivity contribution is -0.116. The monoisotopic (exact) mass is 481 g/mol. The zero-order valence-corrected chi connectivity index (χ0v) is 21.3. The van der Waals surface area contributed by atoms with Gasteiger partial charge < -0.3 is 14.6 Å². The summed E-state index contributed by atoms with van der Waals surface area (Å²) in [7, 11) is 0. The number of carbonyl (C=O) groups is 1. The highest BCUT2D eigenvalue weighted by atomic mass is 35.5. The van der Waals surface area contributed by atoms with Gasteiger partial charge in [0, 0.05) is 24.5 Å². The number of nitrogens with zero attached hydrogens (tertiary/aromatic N) is 2. The molecule has 34 heavy (non-hydrogen) atoms. The summed E-state index contributed by atoms with van der Waals surface area (Å²) in [6.45, 7) is 8.19. The first-order valence-electron chi connectivity index (χ1n) is 12.2. The van der Waals surface area contributed by atoms with Gasteiger partial charge in [-0.1, -0.05) is 36.2 Å². The number of rotatable bonds is 13. The molecule has 182 valence electrons. The van der Waals surface area contributed by atoms with Crippen LogP contribution in [0.3, 0.4) is 0 Å². The molecule has 1 aromatic heterocycles. The number of unbranched alkanes of at least 4 members (excludes halogenated alkanes) is 3. The molecular weight excluding hydrogens is 446 g/mol. The van der Waals surface area contributed by atoms with Crippen molar-refractivity contribution in [1.82, 2.24) is 14.9 Å². The van der Waals surface area contributed by atoms with Crippen molar-refractivity contribution in [1.29, 1.82) is 0 Å². The van der Waals surface area contributed by atoms with Crippen LogP contribution >= 0.6 is 11.6 Å². The highest BCUT2D eigenvalue weighted by Crippen LogP contribution is 2.26. The number of benzene rings is 2. The Kier molecular flexibility index (Phi) is 10.0. The largest absolute Gasteiger partial charge is 0.494 e. The molecule has 0 radical (unpaired) electrons. The number of aromatic nitrogens is 2. The third-order valence-electron chi connectivity index (χ3n) is 5.88. The average Bonchev–Trinajstić information content (AvgIpc) is 3.17. The second kappa shape index (κ2) is 13.2. The van der Waals surface area contributed by atoms with Crippen LogP contribution in [-0.2, 0) is 17.8 Å². The van der Waals surface area contributed by atoms with Gasteiger partial charge in [-0.3, -0.25) is 4.79 Å². The molecule has 0 unspecified atom stereocenters. The van der Waals surface area contributed by atoms with Gasteiger partial charge >= 0.3 is 0 Å². The zero-order chi connectivity index (χ0) is 24.3. The van der Waals surface area contributed by atoms with Crippen molar-refractivity contribution >= 4 is 28.5 Å². The summed E-state index contributed by atoms with van der Waals surface area (Å²) in [5.41, 5.74) is 4.35. The number of amides is 1. The second-order valence-electron chi connectivity index (χ2n) is 8.70. The number of fused-ring (bicyclic) bond motifs is 1. The predicted molar refractivity (Wildman–Crippen MR) is 141 cm³/mol. The molecule has 1 amide bonds. The second-order valence-corrected chi connectivity index (χ2v) is 9.07. The summed E-state index contributed by atoms with van der Waals surface area (Å²) in [6, 6.07) is 12.4. The van der Waals surface area contributed by atoms with Gasteiger partial charge in [0.25, 0.3) is 0 Å². The molecule has 0 fully saturated rings. The van der Waals surface area contributed by atoms with Crippen LogP contribution in [0.1, 0.15) is 56.0 Å². The Hall–Kier alpha value is -2.79. The van der Waals surface area contributed by atoms with Crippen molar-refractivity contribution < 1.29 is 9.53 Å². The number of para-hydroxylation sites is 2. The molecule has 3 aromatic rings. The Balaban J connectivity index is 1.48. The van der Waals surface area contributed by atoms with Crippen LogP contribution in [0.5, 0.6) is 5.75 Å². The van der Waals surface area contributed by atoms with Gasteiger partial charge in [-0.2, -0.15) is 0 Å². The van der Waals surface area contributed by atoms with Crippen LogP contribution < -0.4 is 10.1 Å². The average molecular weight is 482 g/mol. The van der Waals surface area contributed by atoms with E-state index in [1.165, 1.54) is 5.52 Å². The van der Waals surface area contributed by atoms with E-state index in [4.69, 9.17) is 21.3 Å². The number of aryl methyl sites for hydroxylation is 4. The molecule has 0 aliphatic rings. The van der Waals surface area contributed by atoms with Crippen LogP contribution in [0.25, 0.3) is 11.0 Å². The third-order valence-corrected chi connectivity index (χ3v) is 6.48. The van der Waals surface area contributed by atoms with Crippen molar-refractivity contribution in [3.63, 3.8) is 0 Å². The minimum Gasteiger partial charge on any atom is -0.494 e. The summed E-state index contributed by atoms with van der Waals surface area (Å²) >= 11 is 6.25. The van der Waals surface area contributed by atoms with E-state index >= 15 is 0 Å². The smallest absolute Gasteiger partial charge is 0.243 e.